The zero-order valence-corrected chi connectivity index (χ0v) is 11.9. The molecule has 2 aromatic carbocycles. The van der Waals surface area contributed by atoms with Crippen LogP contribution in [0.15, 0.2) is 48.5 Å². The quantitative estimate of drug-likeness (QED) is 0.940. The molecule has 1 aliphatic heterocycles. The highest BCUT2D eigenvalue weighted by Crippen LogP contribution is 2.21. The van der Waals surface area contributed by atoms with Crippen molar-refractivity contribution in [3.05, 3.63) is 59.9 Å². The van der Waals surface area contributed by atoms with Crippen LogP contribution < -0.4 is 4.90 Å². The number of benzene rings is 2. The fourth-order valence-electron chi connectivity index (χ4n) is 2.77. The van der Waals surface area contributed by atoms with Crippen LogP contribution in [0.5, 0.6) is 5.75 Å². The largest absolute Gasteiger partial charge is 0.508 e. The summed E-state index contributed by atoms with van der Waals surface area (Å²) >= 11 is 0. The maximum Gasteiger partial charge on any atom is 0.146 e. The number of rotatable bonds is 3. The molecule has 3 nitrogen and oxygen atoms in total. The van der Waals surface area contributed by atoms with Gasteiger partial charge in [-0.05, 0) is 29.8 Å². The number of anilines is 1. The van der Waals surface area contributed by atoms with Crippen molar-refractivity contribution in [2.75, 3.05) is 31.1 Å². The zero-order chi connectivity index (χ0) is 14.7. The minimum atomic E-state index is -0.154. The molecule has 1 fully saturated rings. The van der Waals surface area contributed by atoms with Crippen LogP contribution in [0.25, 0.3) is 0 Å². The summed E-state index contributed by atoms with van der Waals surface area (Å²) in [5.74, 6) is 0.149. The Balaban J connectivity index is 1.59. The molecular formula is C17H19FN2O. The molecule has 21 heavy (non-hydrogen) atoms. The van der Waals surface area contributed by atoms with E-state index in [1.807, 2.05) is 24.3 Å². The summed E-state index contributed by atoms with van der Waals surface area (Å²) in [4.78, 5) is 4.42. The van der Waals surface area contributed by atoms with E-state index in [2.05, 4.69) is 9.80 Å². The predicted molar refractivity (Wildman–Crippen MR) is 82.0 cm³/mol. The van der Waals surface area contributed by atoms with E-state index in [4.69, 9.17) is 0 Å². The van der Waals surface area contributed by atoms with Crippen molar-refractivity contribution in [2.24, 2.45) is 0 Å². The molecule has 110 valence electrons. The van der Waals surface area contributed by atoms with Gasteiger partial charge in [0.05, 0.1) is 5.69 Å². The van der Waals surface area contributed by atoms with Gasteiger partial charge in [-0.1, -0.05) is 24.3 Å². The molecule has 1 saturated heterocycles. The summed E-state index contributed by atoms with van der Waals surface area (Å²) in [6.07, 6.45) is 0. The van der Waals surface area contributed by atoms with Crippen molar-refractivity contribution >= 4 is 5.69 Å². The number of para-hydroxylation sites is 1. The van der Waals surface area contributed by atoms with Gasteiger partial charge in [0.15, 0.2) is 0 Å². The molecule has 0 spiro atoms. The van der Waals surface area contributed by atoms with Crippen molar-refractivity contribution in [1.29, 1.82) is 0 Å². The summed E-state index contributed by atoms with van der Waals surface area (Å²) < 4.78 is 13.8. The van der Waals surface area contributed by atoms with E-state index in [1.165, 1.54) is 6.07 Å². The van der Waals surface area contributed by atoms with Gasteiger partial charge in [0.2, 0.25) is 0 Å². The highest BCUT2D eigenvalue weighted by molar-refractivity contribution is 5.48. The summed E-state index contributed by atoms with van der Waals surface area (Å²) in [5, 5.41) is 9.50. The molecule has 0 amide bonds. The van der Waals surface area contributed by atoms with Crippen LogP contribution in [-0.4, -0.2) is 36.2 Å². The van der Waals surface area contributed by atoms with Gasteiger partial charge >= 0.3 is 0 Å². The summed E-state index contributed by atoms with van der Waals surface area (Å²) in [5.41, 5.74) is 1.80. The normalized spacial score (nSPS) is 16.1. The van der Waals surface area contributed by atoms with Gasteiger partial charge in [-0.2, -0.15) is 0 Å². The van der Waals surface area contributed by atoms with Crippen molar-refractivity contribution in [3.63, 3.8) is 0 Å². The topological polar surface area (TPSA) is 26.7 Å². The Kier molecular flexibility index (Phi) is 4.06. The van der Waals surface area contributed by atoms with Crippen LogP contribution in [0, 0.1) is 5.82 Å². The lowest BCUT2D eigenvalue weighted by molar-refractivity contribution is 0.249. The molecule has 0 aliphatic carbocycles. The second kappa shape index (κ2) is 6.14. The Bertz CT molecular complexity index is 609. The monoisotopic (exact) mass is 286 g/mol. The number of hydrogen-bond donors (Lipinski definition) is 1. The molecule has 0 aromatic heterocycles. The molecule has 0 atom stereocenters. The number of phenolic OH excluding ortho intramolecular Hbond substituents is 1. The third kappa shape index (κ3) is 3.34. The van der Waals surface area contributed by atoms with Gasteiger partial charge in [0, 0.05) is 32.7 Å². The minimum Gasteiger partial charge on any atom is -0.508 e. The van der Waals surface area contributed by atoms with Crippen LogP contribution in [0.2, 0.25) is 0 Å². The molecule has 1 heterocycles. The molecular weight excluding hydrogens is 267 g/mol. The van der Waals surface area contributed by atoms with Crippen molar-refractivity contribution < 1.29 is 9.50 Å². The minimum absolute atomic E-state index is 0.154. The van der Waals surface area contributed by atoms with Crippen LogP contribution in [0.1, 0.15) is 5.56 Å². The van der Waals surface area contributed by atoms with Gasteiger partial charge in [0.25, 0.3) is 0 Å². The lowest BCUT2D eigenvalue weighted by Gasteiger charge is -2.36. The summed E-state index contributed by atoms with van der Waals surface area (Å²) in [6.45, 7) is 4.24. The number of piperazine rings is 1. The van der Waals surface area contributed by atoms with Crippen molar-refractivity contribution in [3.8, 4) is 5.75 Å². The van der Waals surface area contributed by atoms with Crippen molar-refractivity contribution in [2.45, 2.75) is 6.54 Å². The average molecular weight is 286 g/mol. The summed E-state index contributed by atoms with van der Waals surface area (Å²) in [7, 11) is 0. The van der Waals surface area contributed by atoms with Gasteiger partial charge in [-0.25, -0.2) is 4.39 Å². The third-order valence-corrected chi connectivity index (χ3v) is 3.88. The van der Waals surface area contributed by atoms with E-state index in [1.54, 1.807) is 18.2 Å². The Hall–Kier alpha value is -2.07. The van der Waals surface area contributed by atoms with Gasteiger partial charge < -0.3 is 10.0 Å². The van der Waals surface area contributed by atoms with Crippen LogP contribution in [-0.2, 0) is 6.54 Å². The number of halogens is 1. The van der Waals surface area contributed by atoms with Crippen LogP contribution >= 0.6 is 0 Å². The zero-order valence-electron chi connectivity index (χ0n) is 11.9. The van der Waals surface area contributed by atoms with Crippen LogP contribution in [0.4, 0.5) is 10.1 Å². The first kappa shape index (κ1) is 13.9. The van der Waals surface area contributed by atoms with Gasteiger partial charge in [-0.15, -0.1) is 0 Å². The maximum absolute atomic E-state index is 13.8. The first-order chi connectivity index (χ1) is 10.2. The summed E-state index contributed by atoms with van der Waals surface area (Å²) in [6, 6.07) is 14.3. The van der Waals surface area contributed by atoms with Crippen molar-refractivity contribution in [1.82, 2.24) is 4.90 Å². The smallest absolute Gasteiger partial charge is 0.146 e. The molecule has 1 N–H and O–H groups in total. The molecule has 0 saturated carbocycles. The fourth-order valence-corrected chi connectivity index (χ4v) is 2.77. The molecule has 3 rings (SSSR count). The molecule has 2 aromatic rings. The van der Waals surface area contributed by atoms with E-state index in [9.17, 15) is 9.50 Å². The average Bonchev–Trinajstić information content (AvgIpc) is 2.49. The Morgan fingerprint density at radius 2 is 1.71 bits per heavy atom. The lowest BCUT2D eigenvalue weighted by atomic mass is 10.1. The first-order valence-corrected chi connectivity index (χ1v) is 7.22. The Labute approximate surface area is 124 Å². The second-order valence-electron chi connectivity index (χ2n) is 5.38. The fraction of sp³-hybridized carbons (Fsp3) is 0.294. The highest BCUT2D eigenvalue weighted by atomic mass is 19.1. The highest BCUT2D eigenvalue weighted by Gasteiger charge is 2.19. The van der Waals surface area contributed by atoms with E-state index in [0.29, 0.717) is 11.4 Å². The molecule has 0 unspecified atom stereocenters. The number of aromatic hydroxyl groups is 1. The van der Waals surface area contributed by atoms with Gasteiger partial charge in [0.1, 0.15) is 11.6 Å². The molecule has 0 radical (unpaired) electrons. The molecule has 0 bridgehead atoms. The van der Waals surface area contributed by atoms with E-state index in [0.717, 1.165) is 38.3 Å². The maximum atomic E-state index is 13.8. The number of hydrogen-bond acceptors (Lipinski definition) is 3. The van der Waals surface area contributed by atoms with Crippen LogP contribution in [0.3, 0.4) is 0 Å². The first-order valence-electron chi connectivity index (χ1n) is 7.22. The Morgan fingerprint density at radius 3 is 2.43 bits per heavy atom. The SMILES string of the molecule is Oc1cccc(CN2CCN(c3ccccc3F)CC2)c1. The lowest BCUT2D eigenvalue weighted by Crippen LogP contribution is -2.46. The van der Waals surface area contributed by atoms with E-state index in [-0.39, 0.29) is 5.82 Å². The van der Waals surface area contributed by atoms with E-state index >= 15 is 0 Å². The molecule has 1 aliphatic rings. The predicted octanol–water partition coefficient (Wildman–Crippen LogP) is 2.85. The van der Waals surface area contributed by atoms with E-state index < -0.39 is 0 Å². The standard InChI is InChI=1S/C17H19FN2O/c18-16-6-1-2-7-17(16)20-10-8-19(9-11-20)13-14-4-3-5-15(21)12-14/h1-7,12,21H,8-11,13H2. The molecule has 4 heteroatoms. The number of phenols is 1. The number of nitrogens with zero attached hydrogens (tertiary/aromatic N) is 2. The third-order valence-electron chi connectivity index (χ3n) is 3.88. The second-order valence-corrected chi connectivity index (χ2v) is 5.38. The Morgan fingerprint density at radius 1 is 0.952 bits per heavy atom. The van der Waals surface area contributed by atoms with Gasteiger partial charge in [-0.3, -0.25) is 4.90 Å².